The van der Waals surface area contributed by atoms with Gasteiger partial charge >= 0.3 is 0 Å². The Morgan fingerprint density at radius 2 is 2.04 bits per heavy atom. The molecular weight excluding hydrogens is 375 g/mol. The molecule has 5 nitrogen and oxygen atoms in total. The van der Waals surface area contributed by atoms with Crippen molar-refractivity contribution < 1.29 is 17.6 Å². The standard InChI is InChI=1S/C18H21FN2O3S2/c1-11-4-7-16-12(8-11)9-17(25-16)18(22)20-15-10-13(5-6-14(15)19)26(23,24)21(2)3/h5-6,9-11H,4,7-8H2,1-3H3,(H,20,22). The number of benzene rings is 1. The lowest BCUT2D eigenvalue weighted by atomic mass is 9.90. The highest BCUT2D eigenvalue weighted by Gasteiger charge is 2.23. The van der Waals surface area contributed by atoms with Gasteiger partial charge in [-0.3, -0.25) is 4.79 Å². The number of aryl methyl sites for hydroxylation is 1. The highest BCUT2D eigenvalue weighted by Crippen LogP contribution is 2.32. The van der Waals surface area contributed by atoms with E-state index in [-0.39, 0.29) is 10.6 Å². The fourth-order valence-corrected chi connectivity index (χ4v) is 5.01. The zero-order valence-electron chi connectivity index (χ0n) is 14.9. The molecule has 0 saturated carbocycles. The molecule has 1 N–H and O–H groups in total. The smallest absolute Gasteiger partial charge is 0.265 e. The van der Waals surface area contributed by atoms with Gasteiger partial charge in [-0.05, 0) is 55.0 Å². The van der Waals surface area contributed by atoms with Crippen molar-refractivity contribution in [2.75, 3.05) is 19.4 Å². The van der Waals surface area contributed by atoms with Gasteiger partial charge in [-0.15, -0.1) is 11.3 Å². The summed E-state index contributed by atoms with van der Waals surface area (Å²) in [6, 6.07) is 5.25. The predicted octanol–water partition coefficient (Wildman–Crippen LogP) is 3.51. The summed E-state index contributed by atoms with van der Waals surface area (Å²) < 4.78 is 39.6. The van der Waals surface area contributed by atoms with Crippen molar-refractivity contribution in [3.8, 4) is 0 Å². The summed E-state index contributed by atoms with van der Waals surface area (Å²) in [4.78, 5) is 14.2. The molecule has 1 aromatic heterocycles. The molecule has 0 fully saturated rings. The van der Waals surface area contributed by atoms with Crippen LogP contribution < -0.4 is 5.32 Å². The van der Waals surface area contributed by atoms with Gasteiger partial charge in [0.25, 0.3) is 5.91 Å². The molecule has 1 amide bonds. The maximum absolute atomic E-state index is 14.1. The van der Waals surface area contributed by atoms with Crippen LogP contribution in [0.25, 0.3) is 0 Å². The van der Waals surface area contributed by atoms with Crippen LogP contribution in [0, 0.1) is 11.7 Å². The Morgan fingerprint density at radius 3 is 2.73 bits per heavy atom. The molecule has 1 aliphatic carbocycles. The van der Waals surface area contributed by atoms with Crippen molar-refractivity contribution in [3.05, 3.63) is 45.4 Å². The van der Waals surface area contributed by atoms with Gasteiger partial charge in [0.2, 0.25) is 10.0 Å². The topological polar surface area (TPSA) is 66.5 Å². The minimum Gasteiger partial charge on any atom is -0.319 e. The first-order chi connectivity index (χ1) is 12.2. The van der Waals surface area contributed by atoms with Crippen LogP contribution in [0.15, 0.2) is 29.2 Å². The third-order valence-electron chi connectivity index (χ3n) is 4.52. The number of fused-ring (bicyclic) bond motifs is 1. The van der Waals surface area contributed by atoms with E-state index in [2.05, 4.69) is 12.2 Å². The van der Waals surface area contributed by atoms with E-state index in [1.165, 1.54) is 41.9 Å². The predicted molar refractivity (Wildman–Crippen MR) is 101 cm³/mol. The Labute approximate surface area is 156 Å². The molecule has 8 heteroatoms. The minimum atomic E-state index is -3.71. The van der Waals surface area contributed by atoms with Gasteiger partial charge in [-0.1, -0.05) is 6.92 Å². The first-order valence-corrected chi connectivity index (χ1v) is 10.6. The van der Waals surface area contributed by atoms with Gasteiger partial charge in [-0.2, -0.15) is 0 Å². The second-order valence-corrected chi connectivity index (χ2v) is 10.1. The summed E-state index contributed by atoms with van der Waals surface area (Å²) in [7, 11) is -0.913. The highest BCUT2D eigenvalue weighted by molar-refractivity contribution is 7.89. The number of nitrogens with zero attached hydrogens (tertiary/aromatic N) is 1. The second-order valence-electron chi connectivity index (χ2n) is 6.79. The van der Waals surface area contributed by atoms with Gasteiger partial charge in [0.15, 0.2) is 0 Å². The summed E-state index contributed by atoms with van der Waals surface area (Å²) in [5, 5.41) is 2.51. The van der Waals surface area contributed by atoms with Crippen molar-refractivity contribution >= 4 is 33.0 Å². The van der Waals surface area contributed by atoms with Crippen molar-refractivity contribution in [1.29, 1.82) is 0 Å². The molecule has 1 heterocycles. The van der Waals surface area contributed by atoms with Gasteiger partial charge < -0.3 is 5.32 Å². The monoisotopic (exact) mass is 396 g/mol. The molecule has 26 heavy (non-hydrogen) atoms. The van der Waals surface area contributed by atoms with Gasteiger partial charge in [0.05, 0.1) is 15.5 Å². The van der Waals surface area contributed by atoms with Crippen LogP contribution in [-0.2, 0) is 22.9 Å². The van der Waals surface area contributed by atoms with Crippen molar-refractivity contribution in [2.45, 2.75) is 31.1 Å². The van der Waals surface area contributed by atoms with E-state index in [9.17, 15) is 17.6 Å². The summed E-state index contributed by atoms with van der Waals surface area (Å²) in [6.07, 6.45) is 3.01. The number of carbonyl (C=O) groups excluding carboxylic acids is 1. The molecule has 140 valence electrons. The van der Waals surface area contributed by atoms with E-state index in [0.29, 0.717) is 10.8 Å². The quantitative estimate of drug-likeness (QED) is 0.860. The summed E-state index contributed by atoms with van der Waals surface area (Å²) in [5.41, 5.74) is 1.04. The van der Waals surface area contributed by atoms with E-state index in [1.54, 1.807) is 0 Å². The Hall–Kier alpha value is -1.77. The van der Waals surface area contributed by atoms with Crippen molar-refractivity contribution in [2.24, 2.45) is 5.92 Å². The van der Waals surface area contributed by atoms with E-state index in [0.717, 1.165) is 35.7 Å². The number of anilines is 1. The Balaban J connectivity index is 1.86. The number of amides is 1. The zero-order chi connectivity index (χ0) is 19.1. The Morgan fingerprint density at radius 1 is 1.31 bits per heavy atom. The lowest BCUT2D eigenvalue weighted by Gasteiger charge is -2.16. The molecule has 0 saturated heterocycles. The van der Waals surface area contributed by atoms with E-state index >= 15 is 0 Å². The molecule has 0 bridgehead atoms. The summed E-state index contributed by atoms with van der Waals surface area (Å²) in [6.45, 7) is 2.19. The Kier molecular flexibility index (Phi) is 5.18. The molecule has 0 aliphatic heterocycles. The molecule has 1 aliphatic rings. The third kappa shape index (κ3) is 3.67. The maximum atomic E-state index is 14.1. The fourth-order valence-electron chi connectivity index (χ4n) is 2.97. The molecule has 1 aromatic carbocycles. The fraction of sp³-hybridized carbons (Fsp3) is 0.389. The van der Waals surface area contributed by atoms with Crippen molar-refractivity contribution in [1.82, 2.24) is 4.31 Å². The van der Waals surface area contributed by atoms with Crippen LogP contribution in [0.2, 0.25) is 0 Å². The first-order valence-electron chi connectivity index (χ1n) is 8.33. The lowest BCUT2D eigenvalue weighted by molar-refractivity contribution is 0.103. The minimum absolute atomic E-state index is 0.0708. The van der Waals surface area contributed by atoms with Crippen molar-refractivity contribution in [3.63, 3.8) is 0 Å². The number of hydrogen-bond acceptors (Lipinski definition) is 4. The average Bonchev–Trinajstić information content (AvgIpc) is 2.99. The lowest BCUT2D eigenvalue weighted by Crippen LogP contribution is -2.22. The summed E-state index contributed by atoms with van der Waals surface area (Å²) in [5.74, 6) is -0.500. The molecule has 3 rings (SSSR count). The van der Waals surface area contributed by atoms with E-state index in [4.69, 9.17) is 0 Å². The van der Waals surface area contributed by atoms with E-state index < -0.39 is 21.7 Å². The van der Waals surface area contributed by atoms with Gasteiger partial charge in [0, 0.05) is 19.0 Å². The first kappa shape index (κ1) is 19.0. The average molecular weight is 397 g/mol. The van der Waals surface area contributed by atoms with Crippen LogP contribution in [0.1, 0.15) is 33.5 Å². The number of rotatable bonds is 4. The van der Waals surface area contributed by atoms with Crippen LogP contribution >= 0.6 is 11.3 Å². The molecule has 1 atom stereocenters. The third-order valence-corrected chi connectivity index (χ3v) is 7.56. The highest BCUT2D eigenvalue weighted by atomic mass is 32.2. The van der Waals surface area contributed by atoms with Crippen LogP contribution in [-0.4, -0.2) is 32.7 Å². The molecule has 0 radical (unpaired) electrons. The molecule has 0 spiro atoms. The number of carbonyl (C=O) groups is 1. The van der Waals surface area contributed by atoms with Crippen LogP contribution in [0.5, 0.6) is 0 Å². The number of halogens is 1. The second kappa shape index (κ2) is 7.09. The number of thiophene rings is 1. The summed E-state index contributed by atoms with van der Waals surface area (Å²) >= 11 is 1.42. The van der Waals surface area contributed by atoms with E-state index in [1.807, 2.05) is 6.07 Å². The molecule has 2 aromatic rings. The van der Waals surface area contributed by atoms with Gasteiger partial charge in [-0.25, -0.2) is 17.1 Å². The number of sulfonamides is 1. The SMILES string of the molecule is CC1CCc2sc(C(=O)Nc3cc(S(=O)(=O)N(C)C)ccc3F)cc2C1. The largest absolute Gasteiger partial charge is 0.319 e. The Bertz CT molecular complexity index is 951. The van der Waals surface area contributed by atoms with Crippen LogP contribution in [0.3, 0.4) is 0 Å². The van der Waals surface area contributed by atoms with Gasteiger partial charge in [0.1, 0.15) is 5.82 Å². The normalized spacial score (nSPS) is 17.2. The number of nitrogens with one attached hydrogen (secondary N) is 1. The van der Waals surface area contributed by atoms with Crippen LogP contribution in [0.4, 0.5) is 10.1 Å². The zero-order valence-corrected chi connectivity index (χ0v) is 16.5. The molecule has 1 unspecified atom stereocenters. The number of hydrogen-bond donors (Lipinski definition) is 1. The maximum Gasteiger partial charge on any atom is 0.265 e. The molecular formula is C18H21FN2O3S2.